The van der Waals surface area contributed by atoms with Crippen molar-refractivity contribution in [3.05, 3.63) is 0 Å². The van der Waals surface area contributed by atoms with Crippen molar-refractivity contribution in [3.63, 3.8) is 0 Å². The van der Waals surface area contributed by atoms with Gasteiger partial charge in [-0.25, -0.2) is 4.79 Å². The minimum absolute atomic E-state index is 0.154. The molecule has 2 N–H and O–H groups in total. The lowest BCUT2D eigenvalue weighted by atomic mass is 10.0. The van der Waals surface area contributed by atoms with E-state index in [1.165, 1.54) is 83.5 Å². The second-order valence-corrected chi connectivity index (χ2v) is 8.12. The van der Waals surface area contributed by atoms with Crippen molar-refractivity contribution in [3.8, 4) is 0 Å². The number of carboxylic acids is 1. The number of aliphatic carboxylic acids is 1. The third-order valence-electron chi connectivity index (χ3n) is 5.06. The van der Waals surface area contributed by atoms with Crippen LogP contribution in [0.25, 0.3) is 0 Å². The van der Waals surface area contributed by atoms with Crippen LogP contribution in [0.2, 0.25) is 0 Å². The molecule has 0 radical (unpaired) electrons. The maximum absolute atomic E-state index is 11.8. The van der Waals surface area contributed by atoms with Crippen molar-refractivity contribution in [1.29, 1.82) is 0 Å². The molecule has 0 aliphatic carbocycles. The van der Waals surface area contributed by atoms with E-state index in [1.54, 1.807) is 0 Å². The van der Waals surface area contributed by atoms with Gasteiger partial charge in [0.1, 0.15) is 6.04 Å². The third kappa shape index (κ3) is 18.4. The molecule has 0 aromatic heterocycles. The van der Waals surface area contributed by atoms with Crippen molar-refractivity contribution in [1.82, 2.24) is 5.32 Å². The van der Waals surface area contributed by atoms with Crippen molar-refractivity contribution >= 4 is 24.5 Å². The first-order valence-corrected chi connectivity index (χ1v) is 11.9. The fraction of sp³-hybridized carbons (Fsp3) is 0.909. The Morgan fingerprint density at radius 1 is 0.778 bits per heavy atom. The molecule has 1 unspecified atom stereocenters. The summed E-state index contributed by atoms with van der Waals surface area (Å²) in [6.45, 7) is 2.26. The SMILES string of the molecule is CCCCCCCCCCCCCCCCCC(=O)NC(CCS)C(=O)O. The number of hydrogen-bond acceptors (Lipinski definition) is 3. The van der Waals surface area contributed by atoms with Gasteiger partial charge in [-0.15, -0.1) is 0 Å². The average Bonchev–Trinajstić information content (AvgIpc) is 2.64. The molecular weight excluding hydrogens is 358 g/mol. The van der Waals surface area contributed by atoms with Crippen molar-refractivity contribution < 1.29 is 14.7 Å². The maximum Gasteiger partial charge on any atom is 0.326 e. The summed E-state index contributed by atoms with van der Waals surface area (Å²) in [5, 5.41) is 11.6. The molecule has 1 atom stereocenters. The van der Waals surface area contributed by atoms with E-state index >= 15 is 0 Å². The average molecular weight is 402 g/mol. The van der Waals surface area contributed by atoms with Gasteiger partial charge in [0.2, 0.25) is 5.91 Å². The van der Waals surface area contributed by atoms with Crippen molar-refractivity contribution in [2.24, 2.45) is 0 Å². The third-order valence-corrected chi connectivity index (χ3v) is 5.32. The number of thiol groups is 1. The van der Waals surface area contributed by atoms with Crippen LogP contribution in [0, 0.1) is 0 Å². The van der Waals surface area contributed by atoms with E-state index in [1.807, 2.05) is 0 Å². The molecule has 0 bridgehead atoms. The van der Waals surface area contributed by atoms with Crippen LogP contribution in [0.5, 0.6) is 0 Å². The monoisotopic (exact) mass is 401 g/mol. The molecule has 27 heavy (non-hydrogen) atoms. The van der Waals surface area contributed by atoms with Gasteiger partial charge >= 0.3 is 5.97 Å². The zero-order valence-corrected chi connectivity index (χ0v) is 18.4. The first-order valence-electron chi connectivity index (χ1n) is 11.2. The zero-order chi connectivity index (χ0) is 20.2. The summed E-state index contributed by atoms with van der Waals surface area (Å²) in [4.78, 5) is 22.8. The molecule has 0 saturated carbocycles. The van der Waals surface area contributed by atoms with Crippen LogP contribution in [0.15, 0.2) is 0 Å². The Balaban J connectivity index is 3.33. The summed E-state index contributed by atoms with van der Waals surface area (Å²) < 4.78 is 0. The van der Waals surface area contributed by atoms with E-state index in [0.29, 0.717) is 18.6 Å². The highest BCUT2D eigenvalue weighted by atomic mass is 32.1. The number of carboxylic acid groups (broad SMARTS) is 1. The molecule has 0 rings (SSSR count). The number of unbranched alkanes of at least 4 members (excludes halogenated alkanes) is 14. The number of hydrogen-bond donors (Lipinski definition) is 3. The summed E-state index contributed by atoms with van der Waals surface area (Å²) in [6.07, 6.45) is 20.2. The van der Waals surface area contributed by atoms with Crippen molar-refractivity contribution in [2.45, 2.75) is 122 Å². The summed E-state index contributed by atoms with van der Waals surface area (Å²) in [5.41, 5.74) is 0. The number of carbonyl (C=O) groups is 2. The highest BCUT2D eigenvalue weighted by molar-refractivity contribution is 7.80. The smallest absolute Gasteiger partial charge is 0.326 e. The Hall–Kier alpha value is -0.710. The van der Waals surface area contributed by atoms with Crippen LogP contribution in [0.3, 0.4) is 0 Å². The first-order chi connectivity index (χ1) is 13.1. The summed E-state index contributed by atoms with van der Waals surface area (Å²) in [7, 11) is 0. The van der Waals surface area contributed by atoms with Gasteiger partial charge in [0.15, 0.2) is 0 Å². The molecule has 0 fully saturated rings. The molecule has 4 nitrogen and oxygen atoms in total. The molecule has 0 spiro atoms. The molecule has 0 aliphatic rings. The lowest BCUT2D eigenvalue weighted by Gasteiger charge is -2.13. The normalized spacial score (nSPS) is 12.1. The lowest BCUT2D eigenvalue weighted by molar-refractivity contribution is -0.141. The Kier molecular flexibility index (Phi) is 19.5. The van der Waals surface area contributed by atoms with Gasteiger partial charge in [-0.3, -0.25) is 4.79 Å². The topological polar surface area (TPSA) is 66.4 Å². The molecular formula is C22H43NO3S. The van der Waals surface area contributed by atoms with Crippen LogP contribution in [-0.2, 0) is 9.59 Å². The lowest BCUT2D eigenvalue weighted by Crippen LogP contribution is -2.40. The summed E-state index contributed by atoms with van der Waals surface area (Å²) in [6, 6.07) is -0.800. The minimum atomic E-state index is -0.978. The minimum Gasteiger partial charge on any atom is -0.480 e. The van der Waals surface area contributed by atoms with E-state index < -0.39 is 12.0 Å². The van der Waals surface area contributed by atoms with Gasteiger partial charge in [0, 0.05) is 6.42 Å². The molecule has 5 heteroatoms. The molecule has 0 heterocycles. The molecule has 0 aromatic carbocycles. The predicted octanol–water partition coefficient (Wildman–Crippen LogP) is 6.14. The summed E-state index contributed by atoms with van der Waals surface area (Å²) >= 11 is 4.03. The summed E-state index contributed by atoms with van der Waals surface area (Å²) in [5.74, 6) is -0.677. The Labute approximate surface area is 172 Å². The standard InChI is InChI=1S/C22H43NO3S/c1-2-3-4-5-6-7-8-9-10-11-12-13-14-15-16-17-21(24)23-20(18-19-27)22(25)26/h20,27H,2-19H2,1H3,(H,23,24)(H,25,26). The number of nitrogens with one attached hydrogen (secondary N) is 1. The quantitative estimate of drug-likeness (QED) is 0.170. The van der Waals surface area contributed by atoms with E-state index in [4.69, 9.17) is 5.11 Å². The highest BCUT2D eigenvalue weighted by Crippen LogP contribution is 2.13. The molecule has 0 aromatic rings. The van der Waals surface area contributed by atoms with Crippen LogP contribution < -0.4 is 5.32 Å². The van der Waals surface area contributed by atoms with E-state index in [-0.39, 0.29) is 5.91 Å². The Bertz CT molecular complexity index is 363. The number of carbonyl (C=O) groups excluding carboxylic acids is 1. The molecule has 1 amide bonds. The highest BCUT2D eigenvalue weighted by Gasteiger charge is 2.18. The van der Waals surface area contributed by atoms with Gasteiger partial charge in [-0.2, -0.15) is 12.6 Å². The Morgan fingerprint density at radius 3 is 1.56 bits per heavy atom. The molecule has 0 saturated heterocycles. The van der Waals surface area contributed by atoms with Gasteiger partial charge in [0.25, 0.3) is 0 Å². The number of amides is 1. The molecule has 160 valence electrons. The van der Waals surface area contributed by atoms with E-state index in [9.17, 15) is 9.59 Å². The Morgan fingerprint density at radius 2 is 1.19 bits per heavy atom. The van der Waals surface area contributed by atoms with Crippen LogP contribution in [0.1, 0.15) is 116 Å². The van der Waals surface area contributed by atoms with Crippen LogP contribution >= 0.6 is 12.6 Å². The van der Waals surface area contributed by atoms with E-state index in [2.05, 4.69) is 24.9 Å². The fourth-order valence-electron chi connectivity index (χ4n) is 3.31. The van der Waals surface area contributed by atoms with Crippen LogP contribution in [0.4, 0.5) is 0 Å². The second kappa shape index (κ2) is 20.0. The van der Waals surface area contributed by atoms with Gasteiger partial charge in [-0.05, 0) is 18.6 Å². The zero-order valence-electron chi connectivity index (χ0n) is 17.5. The first kappa shape index (κ1) is 26.3. The fourth-order valence-corrected chi connectivity index (χ4v) is 3.57. The van der Waals surface area contributed by atoms with Gasteiger partial charge in [-0.1, -0.05) is 96.8 Å². The maximum atomic E-state index is 11.8. The van der Waals surface area contributed by atoms with Gasteiger partial charge in [0.05, 0.1) is 0 Å². The largest absolute Gasteiger partial charge is 0.480 e. The number of rotatable bonds is 20. The van der Waals surface area contributed by atoms with Crippen LogP contribution in [-0.4, -0.2) is 28.8 Å². The van der Waals surface area contributed by atoms with E-state index in [0.717, 1.165) is 12.8 Å². The predicted molar refractivity (Wildman–Crippen MR) is 118 cm³/mol. The molecule has 0 aliphatic heterocycles. The van der Waals surface area contributed by atoms with Gasteiger partial charge < -0.3 is 10.4 Å². The van der Waals surface area contributed by atoms with Crippen molar-refractivity contribution in [2.75, 3.05) is 5.75 Å². The second-order valence-electron chi connectivity index (χ2n) is 7.67.